The lowest BCUT2D eigenvalue weighted by molar-refractivity contribution is 0.0876. The zero-order valence-corrected chi connectivity index (χ0v) is 12.0. The highest BCUT2D eigenvalue weighted by Crippen LogP contribution is 2.38. The fourth-order valence-corrected chi connectivity index (χ4v) is 2.75. The topological polar surface area (TPSA) is 62.8 Å². The SMILES string of the molecule is c1cc(-c2n[nH]c(C3CC3)n2)ccc1N[C@@H]1CCCOC1. The lowest BCUT2D eigenvalue weighted by atomic mass is 10.1. The molecule has 2 fully saturated rings. The smallest absolute Gasteiger partial charge is 0.181 e. The third kappa shape index (κ3) is 2.93. The summed E-state index contributed by atoms with van der Waals surface area (Å²) in [7, 11) is 0. The van der Waals surface area contributed by atoms with E-state index in [1.54, 1.807) is 0 Å². The molecular formula is C16H20N4O. The van der Waals surface area contributed by atoms with Crippen molar-refractivity contribution < 1.29 is 4.74 Å². The molecular weight excluding hydrogens is 264 g/mol. The van der Waals surface area contributed by atoms with E-state index in [-0.39, 0.29) is 0 Å². The average Bonchev–Trinajstić information content (AvgIpc) is 3.27. The van der Waals surface area contributed by atoms with Gasteiger partial charge in [0.15, 0.2) is 5.82 Å². The lowest BCUT2D eigenvalue weighted by Gasteiger charge is -2.24. The van der Waals surface area contributed by atoms with Gasteiger partial charge in [-0.05, 0) is 49.9 Å². The largest absolute Gasteiger partial charge is 0.380 e. The van der Waals surface area contributed by atoms with Crippen LogP contribution in [0.25, 0.3) is 11.4 Å². The molecule has 1 aliphatic heterocycles. The Bertz CT molecular complexity index is 597. The van der Waals surface area contributed by atoms with Crippen LogP contribution in [0.1, 0.15) is 37.4 Å². The number of nitrogens with one attached hydrogen (secondary N) is 2. The fraction of sp³-hybridized carbons (Fsp3) is 0.500. The van der Waals surface area contributed by atoms with Crippen molar-refractivity contribution in [3.63, 3.8) is 0 Å². The van der Waals surface area contributed by atoms with Crippen LogP contribution in [0, 0.1) is 0 Å². The Hall–Kier alpha value is -1.88. The summed E-state index contributed by atoms with van der Waals surface area (Å²) in [4.78, 5) is 4.58. The molecule has 0 unspecified atom stereocenters. The highest BCUT2D eigenvalue weighted by Gasteiger charge is 2.27. The first-order chi connectivity index (χ1) is 10.4. The molecule has 5 nitrogen and oxygen atoms in total. The molecule has 5 heteroatoms. The Morgan fingerprint density at radius 1 is 1.14 bits per heavy atom. The number of nitrogens with zero attached hydrogens (tertiary/aromatic N) is 2. The van der Waals surface area contributed by atoms with Crippen molar-refractivity contribution in [2.24, 2.45) is 0 Å². The van der Waals surface area contributed by atoms with E-state index in [1.165, 1.54) is 19.3 Å². The van der Waals surface area contributed by atoms with Gasteiger partial charge in [0.25, 0.3) is 0 Å². The Morgan fingerprint density at radius 3 is 2.71 bits per heavy atom. The van der Waals surface area contributed by atoms with Crippen LogP contribution in [0.3, 0.4) is 0 Å². The van der Waals surface area contributed by atoms with Crippen LogP contribution in [-0.2, 0) is 4.74 Å². The molecule has 2 aliphatic rings. The monoisotopic (exact) mass is 284 g/mol. The van der Waals surface area contributed by atoms with Crippen molar-refractivity contribution in [2.75, 3.05) is 18.5 Å². The minimum atomic E-state index is 0.426. The van der Waals surface area contributed by atoms with Gasteiger partial charge in [-0.15, -0.1) is 0 Å². The van der Waals surface area contributed by atoms with Crippen molar-refractivity contribution in [3.05, 3.63) is 30.1 Å². The Kier molecular flexibility index (Phi) is 3.35. The average molecular weight is 284 g/mol. The van der Waals surface area contributed by atoms with Gasteiger partial charge in [-0.3, -0.25) is 5.10 Å². The first-order valence-electron chi connectivity index (χ1n) is 7.75. The summed E-state index contributed by atoms with van der Waals surface area (Å²) in [6.07, 6.45) is 4.78. The van der Waals surface area contributed by atoms with Crippen LogP contribution in [0.15, 0.2) is 24.3 Å². The number of ether oxygens (including phenoxy) is 1. The summed E-state index contributed by atoms with van der Waals surface area (Å²) in [6, 6.07) is 8.76. The molecule has 1 aliphatic carbocycles. The summed E-state index contributed by atoms with van der Waals surface area (Å²) >= 11 is 0. The first-order valence-corrected chi connectivity index (χ1v) is 7.75. The maximum atomic E-state index is 5.49. The Balaban J connectivity index is 1.44. The van der Waals surface area contributed by atoms with E-state index in [2.05, 4.69) is 44.8 Å². The highest BCUT2D eigenvalue weighted by molar-refractivity contribution is 5.59. The third-order valence-corrected chi connectivity index (χ3v) is 4.14. The number of anilines is 1. The number of hydrogen-bond acceptors (Lipinski definition) is 4. The van der Waals surface area contributed by atoms with Crippen LogP contribution >= 0.6 is 0 Å². The summed E-state index contributed by atoms with van der Waals surface area (Å²) < 4.78 is 5.49. The van der Waals surface area contributed by atoms with E-state index in [0.717, 1.165) is 42.5 Å². The van der Waals surface area contributed by atoms with Crippen LogP contribution < -0.4 is 5.32 Å². The molecule has 0 bridgehead atoms. The van der Waals surface area contributed by atoms with Crippen molar-refractivity contribution in [1.82, 2.24) is 15.2 Å². The second-order valence-electron chi connectivity index (χ2n) is 5.95. The summed E-state index contributed by atoms with van der Waals surface area (Å²) in [5, 5.41) is 10.9. The lowest BCUT2D eigenvalue weighted by Crippen LogP contribution is -2.29. The highest BCUT2D eigenvalue weighted by atomic mass is 16.5. The van der Waals surface area contributed by atoms with Gasteiger partial charge in [-0.2, -0.15) is 5.10 Å². The molecule has 2 aromatic rings. The Labute approximate surface area is 124 Å². The maximum Gasteiger partial charge on any atom is 0.181 e. The van der Waals surface area contributed by atoms with Crippen LogP contribution in [0.5, 0.6) is 0 Å². The predicted octanol–water partition coefficient (Wildman–Crippen LogP) is 2.94. The Morgan fingerprint density at radius 2 is 2.00 bits per heavy atom. The van der Waals surface area contributed by atoms with Crippen molar-refractivity contribution >= 4 is 5.69 Å². The van der Waals surface area contributed by atoms with Gasteiger partial charge in [0.05, 0.1) is 6.61 Å². The molecule has 1 saturated heterocycles. The molecule has 110 valence electrons. The molecule has 4 rings (SSSR count). The van der Waals surface area contributed by atoms with Gasteiger partial charge in [0.1, 0.15) is 5.82 Å². The van der Waals surface area contributed by atoms with Crippen molar-refractivity contribution in [3.8, 4) is 11.4 Å². The first kappa shape index (κ1) is 12.8. The molecule has 1 aromatic heterocycles. The summed E-state index contributed by atoms with van der Waals surface area (Å²) in [6.45, 7) is 1.69. The number of benzene rings is 1. The zero-order chi connectivity index (χ0) is 14.1. The molecule has 1 atom stereocenters. The van der Waals surface area contributed by atoms with E-state index in [1.807, 2.05) is 0 Å². The van der Waals surface area contributed by atoms with Crippen LogP contribution in [-0.4, -0.2) is 34.4 Å². The molecule has 1 aromatic carbocycles. The van der Waals surface area contributed by atoms with E-state index in [4.69, 9.17) is 4.74 Å². The molecule has 21 heavy (non-hydrogen) atoms. The minimum absolute atomic E-state index is 0.426. The van der Waals surface area contributed by atoms with Gasteiger partial charge < -0.3 is 10.1 Å². The van der Waals surface area contributed by atoms with Gasteiger partial charge in [0, 0.05) is 29.8 Å². The maximum absolute atomic E-state index is 5.49. The van der Waals surface area contributed by atoms with Gasteiger partial charge in [0.2, 0.25) is 0 Å². The molecule has 0 radical (unpaired) electrons. The van der Waals surface area contributed by atoms with Gasteiger partial charge >= 0.3 is 0 Å². The van der Waals surface area contributed by atoms with Gasteiger partial charge in [-0.1, -0.05) is 0 Å². The molecule has 2 N–H and O–H groups in total. The summed E-state index contributed by atoms with van der Waals surface area (Å²) in [5.74, 6) is 2.44. The van der Waals surface area contributed by atoms with Gasteiger partial charge in [-0.25, -0.2) is 4.98 Å². The second kappa shape index (κ2) is 5.48. The number of rotatable bonds is 4. The minimum Gasteiger partial charge on any atom is -0.380 e. The van der Waals surface area contributed by atoms with E-state index < -0.39 is 0 Å². The van der Waals surface area contributed by atoms with Crippen LogP contribution in [0.4, 0.5) is 5.69 Å². The normalized spacial score (nSPS) is 22.2. The number of hydrogen-bond donors (Lipinski definition) is 2. The predicted molar refractivity (Wildman–Crippen MR) is 81.3 cm³/mol. The fourth-order valence-electron chi connectivity index (χ4n) is 2.75. The quantitative estimate of drug-likeness (QED) is 0.906. The van der Waals surface area contributed by atoms with Crippen LogP contribution in [0.2, 0.25) is 0 Å². The molecule has 2 heterocycles. The zero-order valence-electron chi connectivity index (χ0n) is 12.0. The molecule has 1 saturated carbocycles. The van der Waals surface area contributed by atoms with Crippen molar-refractivity contribution in [2.45, 2.75) is 37.6 Å². The van der Waals surface area contributed by atoms with Crippen molar-refractivity contribution in [1.29, 1.82) is 0 Å². The second-order valence-corrected chi connectivity index (χ2v) is 5.95. The van der Waals surface area contributed by atoms with E-state index in [9.17, 15) is 0 Å². The number of aromatic nitrogens is 3. The van der Waals surface area contributed by atoms with E-state index >= 15 is 0 Å². The molecule has 0 spiro atoms. The third-order valence-electron chi connectivity index (χ3n) is 4.14. The number of H-pyrrole nitrogens is 1. The molecule has 0 amide bonds. The number of aromatic amines is 1. The van der Waals surface area contributed by atoms with E-state index in [0.29, 0.717) is 12.0 Å². The summed E-state index contributed by atoms with van der Waals surface area (Å²) in [5.41, 5.74) is 2.19. The standard InChI is InChI=1S/C16H20N4O/c1-2-14(10-21-9-1)17-13-7-5-12(6-8-13)16-18-15(19-20-16)11-3-4-11/h5-8,11,14,17H,1-4,9-10H2,(H,18,19,20)/t14-/m1/s1.